The number of carbonyl (C=O) groups excluding carboxylic acids is 3. The van der Waals surface area contributed by atoms with Gasteiger partial charge in [-0.25, -0.2) is 14.8 Å². The minimum absolute atomic E-state index is 0.169. The van der Waals surface area contributed by atoms with Crippen molar-refractivity contribution >= 4 is 34.4 Å². The molecule has 3 atom stereocenters. The van der Waals surface area contributed by atoms with Gasteiger partial charge in [0.25, 0.3) is 5.91 Å². The third-order valence-corrected chi connectivity index (χ3v) is 9.05. The Balaban J connectivity index is 1.27. The minimum Gasteiger partial charge on any atom is -0.453 e. The summed E-state index contributed by atoms with van der Waals surface area (Å²) in [6.07, 6.45) is 11.3. The number of nitrogens with one attached hydrogen (secondary N) is 4. The number of unbranched alkanes of at least 4 members (excludes halogenated alkanes) is 1. The number of imidazole rings is 2. The highest BCUT2D eigenvalue weighted by molar-refractivity contribution is 6.19. The average molecular weight is 695 g/mol. The van der Waals surface area contributed by atoms with Crippen molar-refractivity contribution in [2.45, 2.75) is 63.9 Å². The van der Waals surface area contributed by atoms with Crippen molar-refractivity contribution in [1.82, 2.24) is 40.4 Å². The summed E-state index contributed by atoms with van der Waals surface area (Å²) >= 11 is 0. The van der Waals surface area contributed by atoms with E-state index < -0.39 is 18.4 Å². The molecule has 0 spiro atoms. The van der Waals surface area contributed by atoms with E-state index in [-0.39, 0.29) is 30.8 Å². The van der Waals surface area contributed by atoms with E-state index in [4.69, 9.17) is 11.2 Å². The van der Waals surface area contributed by atoms with Crippen molar-refractivity contribution in [2.24, 2.45) is 0 Å². The molecule has 13 nitrogen and oxygen atoms in total. The molecule has 51 heavy (non-hydrogen) atoms. The van der Waals surface area contributed by atoms with Crippen molar-refractivity contribution < 1.29 is 24.2 Å². The molecule has 5 N–H and O–H groups in total. The van der Waals surface area contributed by atoms with Crippen LogP contribution >= 0.6 is 0 Å². The van der Waals surface area contributed by atoms with Gasteiger partial charge in [-0.1, -0.05) is 49.8 Å². The molecule has 1 saturated heterocycles. The predicted molar refractivity (Wildman–Crippen MR) is 194 cm³/mol. The first kappa shape index (κ1) is 37.0. The maximum Gasteiger partial charge on any atom is 0.407 e. The number of nitrogens with zero attached hydrogens (tertiary/aromatic N) is 4. The van der Waals surface area contributed by atoms with Crippen LogP contribution in [0.3, 0.4) is 0 Å². The number of carbonyl (C=O) groups is 3. The number of ether oxygens (including phenoxy) is 1. The third kappa shape index (κ3) is 9.29. The molecule has 0 aliphatic carbocycles. The Hall–Kier alpha value is -5.29. The van der Waals surface area contributed by atoms with Gasteiger partial charge in [-0.2, -0.15) is 0 Å². The second kappa shape index (κ2) is 17.6. The van der Waals surface area contributed by atoms with Crippen molar-refractivity contribution in [2.75, 3.05) is 33.8 Å². The highest BCUT2D eigenvalue weighted by Gasteiger charge is 2.30. The number of aliphatic hydroxyl groups excluding tert-OH is 1. The molecule has 2 aromatic carbocycles. The minimum atomic E-state index is -1.18. The molecule has 0 saturated carbocycles. The number of aromatic amines is 2. The number of terminal acetylenes is 1. The van der Waals surface area contributed by atoms with E-state index >= 15 is 0 Å². The summed E-state index contributed by atoms with van der Waals surface area (Å²) < 4.78 is 4.81. The maximum atomic E-state index is 13.4. The number of aromatic nitrogens is 4. The van der Waals surface area contributed by atoms with Crippen LogP contribution in [0.25, 0.3) is 16.6 Å². The second-order valence-electron chi connectivity index (χ2n) is 12.6. The van der Waals surface area contributed by atoms with E-state index in [0.717, 1.165) is 31.6 Å². The Kier molecular flexibility index (Phi) is 12.7. The second-order valence-corrected chi connectivity index (χ2v) is 12.6. The molecule has 1 aliphatic rings. The lowest BCUT2D eigenvalue weighted by molar-refractivity contribution is -0.115. The zero-order chi connectivity index (χ0) is 36.3. The Bertz CT molecular complexity index is 1880. The number of allylic oxidation sites excluding steroid dienone is 1. The quantitative estimate of drug-likeness (QED) is 0.0492. The van der Waals surface area contributed by atoms with Crippen LogP contribution < -0.4 is 10.6 Å². The Labute approximate surface area is 297 Å². The van der Waals surface area contributed by atoms with Crippen LogP contribution in [0.2, 0.25) is 0 Å². The van der Waals surface area contributed by atoms with Crippen molar-refractivity contribution in [3.63, 3.8) is 0 Å². The summed E-state index contributed by atoms with van der Waals surface area (Å²) in [7, 11) is 3.33. The number of likely N-dealkylation sites (tertiary alicyclic amines) is 1. The molecule has 1 fully saturated rings. The number of H-pyrrole nitrogens is 2. The van der Waals surface area contributed by atoms with Gasteiger partial charge in [0.05, 0.1) is 60.8 Å². The van der Waals surface area contributed by atoms with Crippen LogP contribution in [0.4, 0.5) is 4.79 Å². The summed E-state index contributed by atoms with van der Waals surface area (Å²) in [4.78, 5) is 58.7. The molecule has 0 radical (unpaired) electrons. The Morgan fingerprint density at radius 3 is 2.73 bits per heavy atom. The lowest BCUT2D eigenvalue weighted by Gasteiger charge is -2.33. The summed E-state index contributed by atoms with van der Waals surface area (Å²) in [6.45, 7) is 3.34. The normalized spacial score (nSPS) is 16.2. The standard InChI is InChI=1S/C38H46N8O5/c1-5-7-15-27(30-22-39-35(43-30)31-16-12-19-45(31)3)36(48)40-23-32(47)26-17-18-28-29(21-26)42-33(41-28)24-46(20-8-6-2)37(49)34(44-38(50)51-4)25-13-10-9-11-14-25/h2,9-11,13-15,17-18,21-22,31,34,37,49H,5,7-8,12,16,19-20,23-24H2,1,3-4H3,(H,39,43)(H,40,48)(H,41,42)(H,44,50)/b27-15+. The number of ketones is 1. The summed E-state index contributed by atoms with van der Waals surface area (Å²) in [5.74, 6) is 3.35. The fourth-order valence-corrected chi connectivity index (χ4v) is 6.27. The van der Waals surface area contributed by atoms with E-state index in [2.05, 4.69) is 48.4 Å². The number of hydrogen-bond acceptors (Lipinski definition) is 9. The first-order valence-electron chi connectivity index (χ1n) is 17.2. The fourth-order valence-electron chi connectivity index (χ4n) is 6.27. The van der Waals surface area contributed by atoms with E-state index in [1.54, 1.807) is 41.4 Å². The number of fused-ring (bicyclic) bond motifs is 1. The SMILES string of the molecule is C#CCCN(Cc1nc2ccc(C(=O)CNC(=O)/C(=C/CCC)c3cnc(C4CCCN4C)[nH]3)cc2[nH]1)C(O)C(NC(=O)OC)c1ccccc1. The van der Waals surface area contributed by atoms with Gasteiger partial charge in [-0.15, -0.1) is 12.3 Å². The maximum absolute atomic E-state index is 13.4. The molecule has 4 aromatic rings. The number of benzene rings is 2. The molecule has 2 amide bonds. The van der Waals surface area contributed by atoms with Crippen LogP contribution in [0.1, 0.15) is 84.4 Å². The highest BCUT2D eigenvalue weighted by atomic mass is 16.5. The molecule has 0 bridgehead atoms. The van der Waals surface area contributed by atoms with Crippen LogP contribution in [0.5, 0.6) is 0 Å². The van der Waals surface area contributed by atoms with Gasteiger partial charge in [-0.3, -0.25) is 19.4 Å². The number of amides is 2. The number of rotatable bonds is 16. The van der Waals surface area contributed by atoms with Gasteiger partial charge in [0, 0.05) is 18.5 Å². The Morgan fingerprint density at radius 1 is 1.22 bits per heavy atom. The van der Waals surface area contributed by atoms with E-state index in [0.29, 0.717) is 58.6 Å². The largest absolute Gasteiger partial charge is 0.453 e. The number of hydrogen-bond donors (Lipinski definition) is 5. The number of alkyl carbamates (subject to hydrolysis) is 1. The molecular weight excluding hydrogens is 648 g/mol. The average Bonchev–Trinajstić information content (AvgIpc) is 3.90. The zero-order valence-corrected chi connectivity index (χ0v) is 29.3. The van der Waals surface area contributed by atoms with Gasteiger partial charge in [0.15, 0.2) is 5.78 Å². The van der Waals surface area contributed by atoms with Gasteiger partial charge >= 0.3 is 6.09 Å². The summed E-state index contributed by atoms with van der Waals surface area (Å²) in [5.41, 5.74) is 3.42. The lowest BCUT2D eigenvalue weighted by Crippen LogP contribution is -2.46. The molecule has 1 aliphatic heterocycles. The molecular formula is C38H46N8O5. The molecule has 3 heterocycles. The molecule has 3 unspecified atom stereocenters. The molecule has 13 heteroatoms. The zero-order valence-electron chi connectivity index (χ0n) is 29.3. The monoisotopic (exact) mass is 694 g/mol. The number of methoxy groups -OCH3 is 1. The fraction of sp³-hybridized carbons (Fsp3) is 0.395. The van der Waals surface area contributed by atoms with Crippen LogP contribution in [-0.4, -0.2) is 92.6 Å². The first-order chi connectivity index (χ1) is 24.7. The first-order valence-corrected chi connectivity index (χ1v) is 17.2. The van der Waals surface area contributed by atoms with Crippen molar-refractivity contribution in [3.05, 3.63) is 89.3 Å². The van der Waals surface area contributed by atoms with Gasteiger partial charge in [0.1, 0.15) is 17.9 Å². The van der Waals surface area contributed by atoms with Gasteiger partial charge in [-0.05, 0) is 56.6 Å². The van der Waals surface area contributed by atoms with E-state index in [1.807, 2.05) is 31.2 Å². The smallest absolute Gasteiger partial charge is 0.407 e. The summed E-state index contributed by atoms with van der Waals surface area (Å²) in [5, 5.41) is 17.0. The lowest BCUT2D eigenvalue weighted by atomic mass is 10.0. The van der Waals surface area contributed by atoms with Crippen LogP contribution in [0, 0.1) is 12.3 Å². The van der Waals surface area contributed by atoms with Gasteiger partial charge in [0.2, 0.25) is 0 Å². The third-order valence-electron chi connectivity index (χ3n) is 9.05. The van der Waals surface area contributed by atoms with E-state index in [1.165, 1.54) is 7.11 Å². The van der Waals surface area contributed by atoms with Crippen molar-refractivity contribution in [1.29, 1.82) is 0 Å². The summed E-state index contributed by atoms with van der Waals surface area (Å²) in [6, 6.07) is 13.6. The van der Waals surface area contributed by atoms with Crippen LogP contribution in [-0.2, 0) is 16.1 Å². The van der Waals surface area contributed by atoms with E-state index in [9.17, 15) is 19.5 Å². The molecule has 2 aromatic heterocycles. The number of Topliss-reactive ketones (excluding diaryl/α,β-unsaturated/α-hetero) is 1. The van der Waals surface area contributed by atoms with Crippen LogP contribution in [0.15, 0.2) is 60.8 Å². The number of aliphatic hydroxyl groups is 1. The topological polar surface area (TPSA) is 169 Å². The molecule has 268 valence electrons. The van der Waals surface area contributed by atoms with Gasteiger partial charge < -0.3 is 30.4 Å². The highest BCUT2D eigenvalue weighted by Crippen LogP contribution is 2.29. The Morgan fingerprint density at radius 2 is 2.02 bits per heavy atom. The van der Waals surface area contributed by atoms with Crippen molar-refractivity contribution in [3.8, 4) is 12.3 Å². The molecule has 5 rings (SSSR count). The predicted octanol–water partition coefficient (Wildman–Crippen LogP) is 4.48.